The van der Waals surface area contributed by atoms with Crippen LogP contribution in [0.2, 0.25) is 0 Å². The molecule has 0 radical (unpaired) electrons. The minimum Gasteiger partial charge on any atom is -0.406 e. The van der Waals surface area contributed by atoms with Gasteiger partial charge in [0.2, 0.25) is 10.0 Å². The van der Waals surface area contributed by atoms with E-state index in [9.17, 15) is 21.6 Å². The molecule has 1 aliphatic rings. The molecule has 1 saturated heterocycles. The van der Waals surface area contributed by atoms with Crippen LogP contribution >= 0.6 is 0 Å². The van der Waals surface area contributed by atoms with E-state index in [1.165, 1.54) is 16.4 Å². The maximum Gasteiger partial charge on any atom is 0.573 e. The van der Waals surface area contributed by atoms with E-state index in [0.29, 0.717) is 12.8 Å². The standard InChI is InChI=1S/C12H15F3N2O4S/c13-12(14,15)21-10-2-1-3-11(8-10)22(19,20)17-6-4-9(16-18)5-7-17/h1-3,8-9,16,18H,4-7H2. The van der Waals surface area contributed by atoms with Crippen molar-refractivity contribution < 1.29 is 31.5 Å². The van der Waals surface area contributed by atoms with Gasteiger partial charge in [-0.1, -0.05) is 6.07 Å². The van der Waals surface area contributed by atoms with Gasteiger partial charge in [-0.3, -0.25) is 0 Å². The molecule has 0 unspecified atom stereocenters. The summed E-state index contributed by atoms with van der Waals surface area (Å²) in [5.74, 6) is -0.583. The van der Waals surface area contributed by atoms with Crippen LogP contribution in [-0.4, -0.2) is 43.4 Å². The zero-order valence-corrected chi connectivity index (χ0v) is 12.2. The topological polar surface area (TPSA) is 78.9 Å². The third kappa shape index (κ3) is 4.09. The van der Waals surface area contributed by atoms with E-state index in [4.69, 9.17) is 5.21 Å². The average molecular weight is 340 g/mol. The number of benzene rings is 1. The summed E-state index contributed by atoms with van der Waals surface area (Å²) in [5, 5.41) is 8.80. The van der Waals surface area contributed by atoms with Gasteiger partial charge in [0, 0.05) is 25.2 Å². The van der Waals surface area contributed by atoms with Gasteiger partial charge in [0.15, 0.2) is 0 Å². The second kappa shape index (κ2) is 6.41. The highest BCUT2D eigenvalue weighted by Crippen LogP contribution is 2.27. The van der Waals surface area contributed by atoms with Crippen molar-refractivity contribution in [3.05, 3.63) is 24.3 Å². The molecule has 22 heavy (non-hydrogen) atoms. The first-order chi connectivity index (χ1) is 10.2. The molecule has 1 aliphatic heterocycles. The lowest BCUT2D eigenvalue weighted by Gasteiger charge is -2.30. The molecule has 2 N–H and O–H groups in total. The van der Waals surface area contributed by atoms with Gasteiger partial charge in [-0.15, -0.1) is 13.2 Å². The third-order valence-electron chi connectivity index (χ3n) is 3.31. The van der Waals surface area contributed by atoms with Crippen LogP contribution in [0, 0.1) is 0 Å². The first kappa shape index (κ1) is 17.0. The lowest BCUT2D eigenvalue weighted by atomic mass is 10.1. The van der Waals surface area contributed by atoms with E-state index in [0.717, 1.165) is 12.1 Å². The number of piperidine rings is 1. The first-order valence-corrected chi connectivity index (χ1v) is 7.92. The van der Waals surface area contributed by atoms with Crippen molar-refractivity contribution in [3.8, 4) is 5.75 Å². The van der Waals surface area contributed by atoms with Gasteiger partial charge >= 0.3 is 6.36 Å². The SMILES string of the molecule is O=S(=O)(c1cccc(OC(F)(F)F)c1)N1CCC(NO)CC1. The lowest BCUT2D eigenvalue weighted by Crippen LogP contribution is -2.44. The molecule has 0 bridgehead atoms. The molecule has 1 aromatic rings. The Morgan fingerprint density at radius 2 is 1.91 bits per heavy atom. The Hall–Kier alpha value is -1.36. The predicted molar refractivity (Wildman–Crippen MR) is 69.8 cm³/mol. The van der Waals surface area contributed by atoms with Crippen LogP contribution in [0.1, 0.15) is 12.8 Å². The number of hydrogen-bond donors (Lipinski definition) is 2. The Balaban J connectivity index is 2.18. The summed E-state index contributed by atoms with van der Waals surface area (Å²) in [6, 6.07) is 4.10. The summed E-state index contributed by atoms with van der Waals surface area (Å²) in [6.07, 6.45) is -4.06. The summed E-state index contributed by atoms with van der Waals surface area (Å²) in [7, 11) is -3.90. The highest BCUT2D eigenvalue weighted by atomic mass is 32.2. The molecule has 1 fully saturated rings. The number of sulfonamides is 1. The monoisotopic (exact) mass is 340 g/mol. The number of alkyl halides is 3. The maximum atomic E-state index is 12.4. The minimum atomic E-state index is -4.88. The summed E-state index contributed by atoms with van der Waals surface area (Å²) >= 11 is 0. The van der Waals surface area contributed by atoms with Crippen LogP contribution in [0.25, 0.3) is 0 Å². The highest BCUT2D eigenvalue weighted by Gasteiger charge is 2.33. The number of hydrogen-bond acceptors (Lipinski definition) is 5. The molecule has 1 heterocycles. The summed E-state index contributed by atoms with van der Waals surface area (Å²) in [4.78, 5) is -0.260. The normalized spacial score (nSPS) is 18.4. The van der Waals surface area contributed by atoms with Gasteiger partial charge in [-0.25, -0.2) is 13.9 Å². The van der Waals surface area contributed by atoms with Gasteiger partial charge in [0.25, 0.3) is 0 Å². The van der Waals surface area contributed by atoms with Crippen LogP contribution in [0.15, 0.2) is 29.2 Å². The number of rotatable bonds is 4. The third-order valence-corrected chi connectivity index (χ3v) is 5.21. The molecule has 10 heteroatoms. The van der Waals surface area contributed by atoms with Gasteiger partial charge in [-0.05, 0) is 25.0 Å². The molecule has 0 aromatic heterocycles. The van der Waals surface area contributed by atoms with Crippen LogP contribution in [0.5, 0.6) is 5.75 Å². The number of halogens is 3. The van der Waals surface area contributed by atoms with E-state index in [2.05, 4.69) is 10.2 Å². The van der Waals surface area contributed by atoms with Crippen molar-refractivity contribution in [2.24, 2.45) is 0 Å². The molecule has 1 aromatic carbocycles. The number of ether oxygens (including phenoxy) is 1. The summed E-state index contributed by atoms with van der Waals surface area (Å²) in [5.41, 5.74) is 2.08. The molecule has 0 amide bonds. The molecule has 0 aliphatic carbocycles. The fourth-order valence-corrected chi connectivity index (χ4v) is 3.71. The zero-order valence-electron chi connectivity index (χ0n) is 11.4. The second-order valence-electron chi connectivity index (χ2n) is 4.83. The number of nitrogens with one attached hydrogen (secondary N) is 1. The minimum absolute atomic E-state index is 0.172. The Morgan fingerprint density at radius 3 is 2.45 bits per heavy atom. The van der Waals surface area contributed by atoms with Crippen LogP contribution in [0.4, 0.5) is 13.2 Å². The first-order valence-electron chi connectivity index (χ1n) is 6.48. The predicted octanol–water partition coefficient (Wildman–Crippen LogP) is 1.72. The highest BCUT2D eigenvalue weighted by molar-refractivity contribution is 7.89. The number of nitrogens with zero attached hydrogens (tertiary/aromatic N) is 1. The van der Waals surface area contributed by atoms with Crippen molar-refractivity contribution in [1.29, 1.82) is 0 Å². The van der Waals surface area contributed by atoms with Crippen molar-refractivity contribution in [1.82, 2.24) is 9.79 Å². The van der Waals surface area contributed by atoms with E-state index < -0.39 is 22.1 Å². The second-order valence-corrected chi connectivity index (χ2v) is 6.77. The molecule has 124 valence electrons. The molecule has 0 atom stereocenters. The summed E-state index contributed by atoms with van der Waals surface area (Å²) < 4.78 is 66.3. The van der Waals surface area contributed by atoms with Gasteiger partial charge in [0.1, 0.15) is 5.75 Å². The van der Waals surface area contributed by atoms with E-state index >= 15 is 0 Å². The van der Waals surface area contributed by atoms with Gasteiger partial charge < -0.3 is 9.94 Å². The van der Waals surface area contributed by atoms with Gasteiger partial charge in [0.05, 0.1) is 4.90 Å². The quantitative estimate of drug-likeness (QED) is 0.816. The van der Waals surface area contributed by atoms with Crippen LogP contribution in [0.3, 0.4) is 0 Å². The molecule has 2 rings (SSSR count). The van der Waals surface area contributed by atoms with E-state index in [1.54, 1.807) is 0 Å². The Morgan fingerprint density at radius 1 is 1.27 bits per heavy atom. The van der Waals surface area contributed by atoms with Gasteiger partial charge in [-0.2, -0.15) is 4.31 Å². The number of hydroxylamine groups is 1. The average Bonchev–Trinajstić information content (AvgIpc) is 2.46. The van der Waals surface area contributed by atoms with E-state index in [1.807, 2.05) is 0 Å². The molecular weight excluding hydrogens is 325 g/mol. The fraction of sp³-hybridized carbons (Fsp3) is 0.500. The Labute approximate surface area is 125 Å². The van der Waals surface area contributed by atoms with Crippen molar-refractivity contribution in [2.45, 2.75) is 30.1 Å². The fourth-order valence-electron chi connectivity index (χ4n) is 2.21. The summed E-state index contributed by atoms with van der Waals surface area (Å²) in [6.45, 7) is 0.343. The van der Waals surface area contributed by atoms with Crippen LogP contribution < -0.4 is 10.2 Å². The zero-order chi connectivity index (χ0) is 16.4. The maximum absolute atomic E-state index is 12.4. The largest absolute Gasteiger partial charge is 0.573 e. The molecule has 6 nitrogen and oxygen atoms in total. The smallest absolute Gasteiger partial charge is 0.406 e. The van der Waals surface area contributed by atoms with Crippen LogP contribution in [-0.2, 0) is 10.0 Å². The molecular formula is C12H15F3N2O4S. The van der Waals surface area contributed by atoms with Crippen molar-refractivity contribution >= 4 is 10.0 Å². The van der Waals surface area contributed by atoms with E-state index in [-0.39, 0.29) is 24.0 Å². The Bertz CT molecular complexity index is 613. The molecule has 0 spiro atoms. The van der Waals surface area contributed by atoms with Crippen molar-refractivity contribution in [3.63, 3.8) is 0 Å². The van der Waals surface area contributed by atoms with Crippen molar-refractivity contribution in [2.75, 3.05) is 13.1 Å². The Kier molecular flexibility index (Phi) is 4.95. The lowest BCUT2D eigenvalue weighted by molar-refractivity contribution is -0.274. The molecule has 0 saturated carbocycles.